The zero-order valence-electron chi connectivity index (χ0n) is 13.2. The molecule has 0 aliphatic carbocycles. The van der Waals surface area contributed by atoms with Gasteiger partial charge in [0.2, 0.25) is 5.91 Å². The van der Waals surface area contributed by atoms with Gasteiger partial charge >= 0.3 is 0 Å². The van der Waals surface area contributed by atoms with Crippen molar-refractivity contribution in [3.05, 3.63) is 36.2 Å². The van der Waals surface area contributed by atoms with Crippen LogP contribution in [0.25, 0.3) is 0 Å². The predicted molar refractivity (Wildman–Crippen MR) is 83.0 cm³/mol. The molecule has 0 radical (unpaired) electrons. The van der Waals surface area contributed by atoms with Gasteiger partial charge in [-0.05, 0) is 28.5 Å². The highest BCUT2D eigenvalue weighted by atomic mass is 16.5. The van der Waals surface area contributed by atoms with Crippen LogP contribution in [0, 0.1) is 11.3 Å². The number of aromatic nitrogens is 4. The van der Waals surface area contributed by atoms with Gasteiger partial charge < -0.3 is 14.7 Å². The number of fused-ring (bicyclic) bond motifs is 2. The molecule has 8 heteroatoms. The average molecular weight is 329 g/mol. The molecule has 4 rings (SSSR count). The van der Waals surface area contributed by atoms with Gasteiger partial charge in [-0.25, -0.2) is 4.68 Å². The van der Waals surface area contributed by atoms with Gasteiger partial charge in [0.15, 0.2) is 0 Å². The molecule has 3 heterocycles. The van der Waals surface area contributed by atoms with Crippen molar-refractivity contribution in [3.63, 3.8) is 0 Å². The maximum absolute atomic E-state index is 12.5. The van der Waals surface area contributed by atoms with E-state index in [0.717, 1.165) is 11.3 Å². The third kappa shape index (κ3) is 2.52. The Bertz CT molecular complexity index is 735. The second-order valence-corrected chi connectivity index (χ2v) is 6.59. The molecule has 0 saturated carbocycles. The Kier molecular flexibility index (Phi) is 3.68. The fraction of sp³-hybridized carbons (Fsp3) is 0.500. The van der Waals surface area contributed by atoms with Crippen LogP contribution in [0.15, 0.2) is 30.6 Å². The van der Waals surface area contributed by atoms with Crippen molar-refractivity contribution in [1.29, 1.82) is 0 Å². The van der Waals surface area contributed by atoms with E-state index in [-0.39, 0.29) is 30.4 Å². The molecular weight excluding hydrogens is 310 g/mol. The summed E-state index contributed by atoms with van der Waals surface area (Å²) < 4.78 is 7.35. The van der Waals surface area contributed by atoms with E-state index in [2.05, 4.69) is 15.5 Å². The highest BCUT2D eigenvalue weighted by Crippen LogP contribution is 2.43. The number of para-hydroxylation sites is 1. The third-order valence-corrected chi connectivity index (χ3v) is 5.12. The third-order valence-electron chi connectivity index (χ3n) is 5.12. The first-order chi connectivity index (χ1) is 11.7. The van der Waals surface area contributed by atoms with Gasteiger partial charge in [0.1, 0.15) is 18.6 Å². The molecular formula is C16H19N5O3. The first-order valence-corrected chi connectivity index (χ1v) is 8.00. The lowest BCUT2D eigenvalue weighted by molar-refractivity contribution is -0.131. The van der Waals surface area contributed by atoms with E-state index in [0.29, 0.717) is 26.1 Å². The Labute approximate surface area is 139 Å². The predicted octanol–water partition coefficient (Wildman–Crippen LogP) is -0.255. The lowest BCUT2D eigenvalue weighted by Gasteiger charge is -2.30. The van der Waals surface area contributed by atoms with Crippen LogP contribution in [-0.4, -0.2) is 62.4 Å². The molecule has 0 spiro atoms. The molecule has 2 atom stereocenters. The summed E-state index contributed by atoms with van der Waals surface area (Å²) in [6, 6.07) is 7.92. The quantitative estimate of drug-likeness (QED) is 0.834. The maximum Gasteiger partial charge on any atom is 0.244 e. The fourth-order valence-corrected chi connectivity index (χ4v) is 3.74. The van der Waals surface area contributed by atoms with Crippen LogP contribution < -0.4 is 4.74 Å². The molecule has 24 heavy (non-hydrogen) atoms. The molecule has 1 aromatic carbocycles. The molecule has 2 aliphatic heterocycles. The molecule has 1 N–H and O–H groups in total. The molecule has 126 valence electrons. The van der Waals surface area contributed by atoms with Gasteiger partial charge in [-0.15, -0.1) is 5.10 Å². The number of amides is 1. The van der Waals surface area contributed by atoms with Crippen molar-refractivity contribution in [2.75, 3.05) is 26.3 Å². The van der Waals surface area contributed by atoms with Crippen LogP contribution in [0.1, 0.15) is 5.56 Å². The zero-order valence-corrected chi connectivity index (χ0v) is 13.2. The maximum atomic E-state index is 12.5. The van der Waals surface area contributed by atoms with Crippen molar-refractivity contribution < 1.29 is 14.6 Å². The number of carbonyl (C=O) groups is 1. The minimum absolute atomic E-state index is 0.0318. The second-order valence-electron chi connectivity index (χ2n) is 6.59. The minimum Gasteiger partial charge on any atom is -0.493 e. The van der Waals surface area contributed by atoms with E-state index in [4.69, 9.17) is 4.74 Å². The van der Waals surface area contributed by atoms with E-state index in [1.807, 2.05) is 24.3 Å². The first-order valence-electron chi connectivity index (χ1n) is 8.00. The average Bonchev–Trinajstić information content (AvgIpc) is 3.20. The van der Waals surface area contributed by atoms with Crippen LogP contribution in [0.2, 0.25) is 0 Å². The Morgan fingerprint density at radius 2 is 2.29 bits per heavy atom. The SMILES string of the molecule is O=C(Cn1cnnn1)N1C[C@@H]2COc3ccccc3C[C@]2(CO)C1. The van der Waals surface area contributed by atoms with Crippen molar-refractivity contribution in [3.8, 4) is 5.75 Å². The molecule has 2 aromatic rings. The largest absolute Gasteiger partial charge is 0.493 e. The van der Waals surface area contributed by atoms with E-state index in [1.54, 1.807) is 4.90 Å². The normalized spacial score (nSPS) is 25.5. The summed E-state index contributed by atoms with van der Waals surface area (Å²) in [4.78, 5) is 14.3. The molecule has 1 amide bonds. The van der Waals surface area contributed by atoms with Gasteiger partial charge in [0.05, 0.1) is 13.2 Å². The van der Waals surface area contributed by atoms with Crippen molar-refractivity contribution in [2.24, 2.45) is 11.3 Å². The molecule has 1 fully saturated rings. The van der Waals surface area contributed by atoms with Gasteiger partial charge in [-0.3, -0.25) is 4.79 Å². The topological polar surface area (TPSA) is 93.4 Å². The van der Waals surface area contributed by atoms with Crippen LogP contribution in [0.5, 0.6) is 5.75 Å². The zero-order chi connectivity index (χ0) is 16.6. The number of tetrazole rings is 1. The number of hydrogen-bond acceptors (Lipinski definition) is 6. The molecule has 1 saturated heterocycles. The molecule has 8 nitrogen and oxygen atoms in total. The number of benzene rings is 1. The van der Waals surface area contributed by atoms with E-state index >= 15 is 0 Å². The molecule has 0 bridgehead atoms. The lowest BCUT2D eigenvalue weighted by atomic mass is 9.75. The number of aliphatic hydroxyl groups excluding tert-OH is 1. The summed E-state index contributed by atoms with van der Waals surface area (Å²) in [7, 11) is 0. The van der Waals surface area contributed by atoms with E-state index in [9.17, 15) is 9.90 Å². The number of carbonyl (C=O) groups excluding carboxylic acids is 1. The van der Waals surface area contributed by atoms with Crippen molar-refractivity contribution in [1.82, 2.24) is 25.1 Å². The number of nitrogens with zero attached hydrogens (tertiary/aromatic N) is 5. The van der Waals surface area contributed by atoms with Gasteiger partial charge in [0.25, 0.3) is 0 Å². The Balaban J connectivity index is 1.55. The summed E-state index contributed by atoms with van der Waals surface area (Å²) in [5.74, 6) is 0.940. The highest BCUT2D eigenvalue weighted by Gasteiger charge is 2.49. The van der Waals surface area contributed by atoms with E-state index < -0.39 is 0 Å². The summed E-state index contributed by atoms with van der Waals surface area (Å²) in [5, 5.41) is 20.9. The van der Waals surface area contributed by atoms with Gasteiger partial charge in [0, 0.05) is 24.4 Å². The number of hydrogen-bond donors (Lipinski definition) is 1. The number of ether oxygens (including phenoxy) is 1. The molecule has 1 aromatic heterocycles. The summed E-state index contributed by atoms with van der Waals surface area (Å²) in [5.41, 5.74) is 0.729. The smallest absolute Gasteiger partial charge is 0.244 e. The second kappa shape index (κ2) is 5.86. The van der Waals surface area contributed by atoms with Gasteiger partial charge in [-0.2, -0.15) is 0 Å². The van der Waals surface area contributed by atoms with E-state index in [1.165, 1.54) is 11.0 Å². The standard InChI is InChI=1S/C16H19N5O3/c22-10-16-5-12-3-1-2-4-14(12)24-8-13(16)6-20(9-16)15(23)7-21-11-17-18-19-21/h1-4,11,13,22H,5-10H2/t13-,16-/m1/s1. The van der Waals surface area contributed by atoms with Crippen molar-refractivity contribution >= 4 is 5.91 Å². The Morgan fingerprint density at radius 1 is 1.42 bits per heavy atom. The van der Waals surface area contributed by atoms with Crippen LogP contribution in [0.4, 0.5) is 0 Å². The highest BCUT2D eigenvalue weighted by molar-refractivity contribution is 5.76. The fourth-order valence-electron chi connectivity index (χ4n) is 3.74. The van der Waals surface area contributed by atoms with Crippen LogP contribution >= 0.6 is 0 Å². The van der Waals surface area contributed by atoms with Crippen LogP contribution in [-0.2, 0) is 17.8 Å². The molecule has 0 unspecified atom stereocenters. The number of rotatable bonds is 3. The Morgan fingerprint density at radius 3 is 3.08 bits per heavy atom. The Hall–Kier alpha value is -2.48. The summed E-state index contributed by atoms with van der Waals surface area (Å²) in [6.07, 6.45) is 2.13. The first kappa shape index (κ1) is 15.1. The minimum atomic E-state index is -0.358. The van der Waals surface area contributed by atoms with Crippen molar-refractivity contribution in [2.45, 2.75) is 13.0 Å². The summed E-state index contributed by atoms with van der Waals surface area (Å²) in [6.45, 7) is 1.75. The monoisotopic (exact) mass is 329 g/mol. The molecule has 2 aliphatic rings. The van der Waals surface area contributed by atoms with Gasteiger partial charge in [-0.1, -0.05) is 18.2 Å². The summed E-state index contributed by atoms with van der Waals surface area (Å²) >= 11 is 0. The number of likely N-dealkylation sites (tertiary alicyclic amines) is 1. The van der Waals surface area contributed by atoms with Crippen LogP contribution in [0.3, 0.4) is 0 Å². The lowest BCUT2D eigenvalue weighted by Crippen LogP contribution is -2.39. The number of aliphatic hydroxyl groups is 1.